The molecule has 0 aliphatic rings. The van der Waals surface area contributed by atoms with Crippen molar-refractivity contribution in [3.8, 4) is 16.9 Å². The lowest BCUT2D eigenvalue weighted by atomic mass is 10.0. The van der Waals surface area contributed by atoms with Crippen LogP contribution in [0.4, 0.5) is 9.39 Å². The SMILES string of the molecule is CCOC(=O)c1c(-c2ccc(OC)cc2)csc1NC(=O)COC(=O)c1ccccc1F. The zero-order valence-corrected chi connectivity index (χ0v) is 18.2. The Balaban J connectivity index is 1.77. The molecule has 0 saturated heterocycles. The minimum Gasteiger partial charge on any atom is -0.497 e. The van der Waals surface area contributed by atoms with Crippen molar-refractivity contribution in [1.29, 1.82) is 0 Å². The fourth-order valence-corrected chi connectivity index (χ4v) is 3.81. The zero-order valence-electron chi connectivity index (χ0n) is 17.3. The minimum absolute atomic E-state index is 0.157. The number of halogens is 1. The molecule has 32 heavy (non-hydrogen) atoms. The van der Waals surface area contributed by atoms with E-state index in [9.17, 15) is 18.8 Å². The third kappa shape index (κ3) is 5.30. The largest absolute Gasteiger partial charge is 0.497 e. The number of hydrogen-bond acceptors (Lipinski definition) is 7. The van der Waals surface area contributed by atoms with Gasteiger partial charge in [0.2, 0.25) is 0 Å². The monoisotopic (exact) mass is 457 g/mol. The molecule has 0 atom stereocenters. The molecule has 1 N–H and O–H groups in total. The summed E-state index contributed by atoms with van der Waals surface area (Å²) in [6.07, 6.45) is 0. The Morgan fingerprint density at radius 1 is 1.00 bits per heavy atom. The molecule has 0 saturated carbocycles. The molecule has 3 aromatic rings. The van der Waals surface area contributed by atoms with E-state index in [1.54, 1.807) is 43.7 Å². The lowest BCUT2D eigenvalue weighted by molar-refractivity contribution is -0.119. The van der Waals surface area contributed by atoms with Crippen molar-refractivity contribution in [2.75, 3.05) is 25.6 Å². The van der Waals surface area contributed by atoms with Crippen LogP contribution >= 0.6 is 11.3 Å². The maximum atomic E-state index is 13.7. The van der Waals surface area contributed by atoms with Gasteiger partial charge in [0.15, 0.2) is 6.61 Å². The van der Waals surface area contributed by atoms with E-state index >= 15 is 0 Å². The van der Waals surface area contributed by atoms with Crippen molar-refractivity contribution in [3.05, 3.63) is 70.9 Å². The van der Waals surface area contributed by atoms with Gasteiger partial charge in [-0.05, 0) is 36.8 Å². The van der Waals surface area contributed by atoms with E-state index in [1.165, 1.54) is 18.2 Å². The predicted molar refractivity (Wildman–Crippen MR) is 118 cm³/mol. The first kappa shape index (κ1) is 23.0. The quantitative estimate of drug-likeness (QED) is 0.500. The number of amides is 1. The van der Waals surface area contributed by atoms with E-state index < -0.39 is 30.3 Å². The lowest BCUT2D eigenvalue weighted by Gasteiger charge is -2.10. The molecular formula is C23H20FNO6S. The second-order valence-electron chi connectivity index (χ2n) is 6.41. The van der Waals surface area contributed by atoms with Gasteiger partial charge in [0.25, 0.3) is 5.91 Å². The Hall–Kier alpha value is -3.72. The molecule has 0 spiro atoms. The fourth-order valence-electron chi connectivity index (χ4n) is 2.84. The van der Waals surface area contributed by atoms with Crippen molar-refractivity contribution in [1.82, 2.24) is 0 Å². The standard InChI is InChI=1S/C23H20FNO6S/c1-3-30-23(28)20-17(14-8-10-15(29-2)11-9-14)13-32-21(20)25-19(26)12-31-22(27)16-6-4-5-7-18(16)24/h4-11,13H,3,12H2,1-2H3,(H,25,26). The maximum Gasteiger partial charge on any atom is 0.341 e. The molecule has 166 valence electrons. The van der Waals surface area contributed by atoms with Gasteiger partial charge in [-0.15, -0.1) is 11.3 Å². The topological polar surface area (TPSA) is 90.9 Å². The Morgan fingerprint density at radius 2 is 1.72 bits per heavy atom. The molecule has 3 rings (SSSR count). The van der Waals surface area contributed by atoms with Crippen LogP contribution in [0.5, 0.6) is 5.75 Å². The van der Waals surface area contributed by atoms with Crippen molar-refractivity contribution in [3.63, 3.8) is 0 Å². The van der Waals surface area contributed by atoms with Crippen LogP contribution in [0.3, 0.4) is 0 Å². The molecule has 7 nitrogen and oxygen atoms in total. The molecule has 0 fully saturated rings. The van der Waals surface area contributed by atoms with Crippen LogP contribution in [-0.4, -0.2) is 38.2 Å². The summed E-state index contributed by atoms with van der Waals surface area (Å²) in [6.45, 7) is 1.19. The summed E-state index contributed by atoms with van der Waals surface area (Å²) in [4.78, 5) is 36.9. The van der Waals surface area contributed by atoms with Crippen LogP contribution in [-0.2, 0) is 14.3 Å². The lowest BCUT2D eigenvalue weighted by Crippen LogP contribution is -2.22. The molecule has 2 aromatic carbocycles. The smallest absolute Gasteiger partial charge is 0.341 e. The zero-order chi connectivity index (χ0) is 23.1. The van der Waals surface area contributed by atoms with Crippen LogP contribution in [0.2, 0.25) is 0 Å². The molecule has 1 heterocycles. The predicted octanol–water partition coefficient (Wildman–Crippen LogP) is 4.54. The van der Waals surface area contributed by atoms with E-state index in [0.717, 1.165) is 23.0 Å². The molecule has 0 aliphatic carbocycles. The molecule has 0 radical (unpaired) electrons. The molecule has 9 heteroatoms. The van der Waals surface area contributed by atoms with Gasteiger partial charge < -0.3 is 19.5 Å². The van der Waals surface area contributed by atoms with Gasteiger partial charge in [-0.1, -0.05) is 24.3 Å². The van der Waals surface area contributed by atoms with Gasteiger partial charge in [-0.2, -0.15) is 0 Å². The number of thiophene rings is 1. The molecule has 0 aliphatic heterocycles. The number of anilines is 1. The summed E-state index contributed by atoms with van der Waals surface area (Å²) >= 11 is 1.13. The Labute approximate surface area is 187 Å². The third-order valence-corrected chi connectivity index (χ3v) is 5.25. The van der Waals surface area contributed by atoms with Gasteiger partial charge in [0.05, 0.1) is 19.3 Å². The van der Waals surface area contributed by atoms with Gasteiger partial charge >= 0.3 is 11.9 Å². The Morgan fingerprint density at radius 3 is 2.38 bits per heavy atom. The van der Waals surface area contributed by atoms with E-state index in [-0.39, 0.29) is 22.7 Å². The molecule has 0 bridgehead atoms. The number of methoxy groups -OCH3 is 1. The van der Waals surface area contributed by atoms with E-state index in [0.29, 0.717) is 11.3 Å². The number of esters is 2. The minimum atomic E-state index is -0.964. The first-order valence-corrected chi connectivity index (χ1v) is 10.5. The number of ether oxygens (including phenoxy) is 3. The van der Waals surface area contributed by atoms with Crippen molar-refractivity contribution < 1.29 is 33.0 Å². The summed E-state index contributed by atoms with van der Waals surface area (Å²) in [5.41, 5.74) is 1.23. The van der Waals surface area contributed by atoms with E-state index in [1.807, 2.05) is 0 Å². The van der Waals surface area contributed by atoms with Crippen LogP contribution in [0.1, 0.15) is 27.6 Å². The second kappa shape index (κ2) is 10.5. The van der Waals surface area contributed by atoms with Crippen LogP contribution in [0.25, 0.3) is 11.1 Å². The summed E-state index contributed by atoms with van der Waals surface area (Å²) in [7, 11) is 1.55. The average molecular weight is 457 g/mol. The van der Waals surface area contributed by atoms with Gasteiger partial charge in [0.1, 0.15) is 22.1 Å². The second-order valence-corrected chi connectivity index (χ2v) is 7.29. The van der Waals surface area contributed by atoms with Crippen LogP contribution < -0.4 is 10.1 Å². The highest BCUT2D eigenvalue weighted by molar-refractivity contribution is 7.15. The molecule has 1 amide bonds. The number of hydrogen-bond donors (Lipinski definition) is 1. The van der Waals surface area contributed by atoms with Crippen molar-refractivity contribution in [2.24, 2.45) is 0 Å². The summed E-state index contributed by atoms with van der Waals surface area (Å²) in [6, 6.07) is 12.4. The van der Waals surface area contributed by atoms with Gasteiger partial charge in [-0.3, -0.25) is 4.79 Å². The molecular weight excluding hydrogens is 437 g/mol. The van der Waals surface area contributed by atoms with Crippen LogP contribution in [0, 0.1) is 5.82 Å². The fraction of sp³-hybridized carbons (Fsp3) is 0.174. The van der Waals surface area contributed by atoms with Crippen molar-refractivity contribution >= 4 is 34.2 Å². The van der Waals surface area contributed by atoms with Crippen LogP contribution in [0.15, 0.2) is 53.9 Å². The maximum absolute atomic E-state index is 13.7. The Bertz CT molecular complexity index is 1130. The first-order chi connectivity index (χ1) is 15.4. The number of carbonyl (C=O) groups excluding carboxylic acids is 3. The highest BCUT2D eigenvalue weighted by Crippen LogP contribution is 2.36. The summed E-state index contributed by atoms with van der Waals surface area (Å²) in [5.74, 6) is -2.33. The highest BCUT2D eigenvalue weighted by Gasteiger charge is 2.23. The third-order valence-electron chi connectivity index (χ3n) is 4.35. The number of rotatable bonds is 8. The van der Waals surface area contributed by atoms with Crippen molar-refractivity contribution in [2.45, 2.75) is 6.92 Å². The normalized spacial score (nSPS) is 10.3. The number of benzene rings is 2. The molecule has 1 aromatic heterocycles. The van der Waals surface area contributed by atoms with Gasteiger partial charge in [-0.25, -0.2) is 14.0 Å². The summed E-state index contributed by atoms with van der Waals surface area (Å²) < 4.78 is 28.9. The average Bonchev–Trinajstić information content (AvgIpc) is 3.21. The number of nitrogens with one attached hydrogen (secondary N) is 1. The Kier molecular flexibility index (Phi) is 7.56. The van der Waals surface area contributed by atoms with E-state index in [4.69, 9.17) is 14.2 Å². The van der Waals surface area contributed by atoms with Gasteiger partial charge in [0, 0.05) is 10.9 Å². The number of carbonyl (C=O) groups is 3. The first-order valence-electron chi connectivity index (χ1n) is 9.59. The van der Waals surface area contributed by atoms with E-state index in [2.05, 4.69) is 5.32 Å². The molecule has 0 unspecified atom stereocenters. The highest BCUT2D eigenvalue weighted by atomic mass is 32.1. The summed E-state index contributed by atoms with van der Waals surface area (Å²) in [5, 5.41) is 4.54.